The first-order chi connectivity index (χ1) is 10.2. The van der Waals surface area contributed by atoms with E-state index in [1.165, 1.54) is 0 Å². The Bertz CT molecular complexity index is 480. The van der Waals surface area contributed by atoms with E-state index in [1.807, 2.05) is 0 Å². The zero-order chi connectivity index (χ0) is 15.1. The summed E-state index contributed by atoms with van der Waals surface area (Å²) >= 11 is 0. The summed E-state index contributed by atoms with van der Waals surface area (Å²) < 4.78 is 5.14. The van der Waals surface area contributed by atoms with Gasteiger partial charge in [0, 0.05) is 24.9 Å². The summed E-state index contributed by atoms with van der Waals surface area (Å²) in [7, 11) is 0. The van der Waals surface area contributed by atoms with Gasteiger partial charge in [-0.3, -0.25) is 9.59 Å². The van der Waals surface area contributed by atoms with Crippen LogP contribution in [0.4, 0.5) is 0 Å². The van der Waals surface area contributed by atoms with E-state index in [0.717, 1.165) is 50.7 Å². The molecule has 1 amide bonds. The number of nitrogens with one attached hydrogen (secondary N) is 1. The van der Waals surface area contributed by atoms with Crippen molar-refractivity contribution < 1.29 is 19.2 Å². The highest BCUT2D eigenvalue weighted by Gasteiger charge is 2.28. The summed E-state index contributed by atoms with van der Waals surface area (Å²) in [6, 6.07) is 1.74. The van der Waals surface area contributed by atoms with Gasteiger partial charge in [-0.05, 0) is 25.7 Å². The van der Waals surface area contributed by atoms with E-state index in [-0.39, 0.29) is 12.3 Å². The molecule has 0 bridgehead atoms. The fourth-order valence-electron chi connectivity index (χ4n) is 2.18. The van der Waals surface area contributed by atoms with Crippen molar-refractivity contribution >= 4 is 11.9 Å². The van der Waals surface area contributed by atoms with Crippen molar-refractivity contribution in [2.24, 2.45) is 0 Å². The molecule has 1 fully saturated rings. The minimum atomic E-state index is -0.736. The molecule has 116 valence electrons. The van der Waals surface area contributed by atoms with Gasteiger partial charge in [-0.2, -0.15) is 0 Å². The van der Waals surface area contributed by atoms with Crippen LogP contribution in [0.25, 0.3) is 0 Å². The zero-order valence-electron chi connectivity index (χ0n) is 12.1. The van der Waals surface area contributed by atoms with Crippen molar-refractivity contribution in [3.05, 3.63) is 17.5 Å². The second-order valence-corrected chi connectivity index (χ2v) is 5.56. The lowest BCUT2D eigenvalue weighted by molar-refractivity contribution is -0.137. The second-order valence-electron chi connectivity index (χ2n) is 5.56. The highest BCUT2D eigenvalue weighted by atomic mass is 16.5. The Balaban J connectivity index is 1.51. The summed E-state index contributed by atoms with van der Waals surface area (Å²) in [6.45, 7) is 0.614. The number of aromatic nitrogens is 1. The number of carbonyl (C=O) groups excluding carboxylic acids is 1. The number of carbonyl (C=O) groups is 2. The third-order valence-electron chi connectivity index (χ3n) is 3.59. The van der Waals surface area contributed by atoms with Crippen molar-refractivity contribution in [2.75, 3.05) is 6.54 Å². The molecule has 1 heterocycles. The molecule has 0 saturated heterocycles. The van der Waals surface area contributed by atoms with Crippen molar-refractivity contribution in [3.63, 3.8) is 0 Å². The summed E-state index contributed by atoms with van der Waals surface area (Å²) in [6.07, 6.45) is 7.03. The van der Waals surface area contributed by atoms with E-state index in [1.54, 1.807) is 6.07 Å². The zero-order valence-corrected chi connectivity index (χ0v) is 12.1. The molecule has 6 heteroatoms. The number of nitrogens with zero attached hydrogens (tertiary/aromatic N) is 1. The lowest BCUT2D eigenvalue weighted by Gasteiger charge is -2.02. The number of hydrogen-bond donors (Lipinski definition) is 2. The van der Waals surface area contributed by atoms with Crippen LogP contribution in [0.2, 0.25) is 0 Å². The Morgan fingerprint density at radius 1 is 1.24 bits per heavy atom. The topological polar surface area (TPSA) is 92.4 Å². The summed E-state index contributed by atoms with van der Waals surface area (Å²) in [5, 5.41) is 15.1. The normalized spacial score (nSPS) is 14.1. The molecule has 2 rings (SSSR count). The first-order valence-electron chi connectivity index (χ1n) is 7.63. The molecule has 0 unspecified atom stereocenters. The molecule has 2 N–H and O–H groups in total. The van der Waals surface area contributed by atoms with Crippen LogP contribution in [0.1, 0.15) is 73.5 Å². The monoisotopic (exact) mass is 294 g/mol. The van der Waals surface area contributed by atoms with Gasteiger partial charge < -0.3 is 14.9 Å². The molecule has 1 aliphatic rings. The van der Waals surface area contributed by atoms with Crippen LogP contribution in [-0.4, -0.2) is 28.7 Å². The van der Waals surface area contributed by atoms with Crippen LogP contribution in [0, 0.1) is 0 Å². The molecule has 0 spiro atoms. The highest BCUT2D eigenvalue weighted by molar-refractivity contribution is 5.92. The smallest absolute Gasteiger partial charge is 0.303 e. The van der Waals surface area contributed by atoms with Crippen molar-refractivity contribution in [3.8, 4) is 0 Å². The third kappa shape index (κ3) is 5.57. The standard InChI is InChI=1S/C15H22N2O4/c18-14(19)6-4-2-1-3-5-9-16-15(20)12-10-13(21-17-12)11-7-8-11/h10-11H,1-9H2,(H,16,20)(H,18,19). The Morgan fingerprint density at radius 2 is 1.95 bits per heavy atom. The van der Waals surface area contributed by atoms with E-state index in [0.29, 0.717) is 18.2 Å². The van der Waals surface area contributed by atoms with Gasteiger partial charge in [-0.15, -0.1) is 0 Å². The molecule has 21 heavy (non-hydrogen) atoms. The summed E-state index contributed by atoms with van der Waals surface area (Å²) in [4.78, 5) is 22.1. The van der Waals surface area contributed by atoms with Gasteiger partial charge >= 0.3 is 5.97 Å². The SMILES string of the molecule is O=C(O)CCCCCCCNC(=O)c1cc(C2CC2)on1. The first kappa shape index (κ1) is 15.5. The average molecular weight is 294 g/mol. The molecule has 0 aliphatic heterocycles. The number of amides is 1. The molecule has 0 radical (unpaired) electrons. The molecular formula is C15H22N2O4. The summed E-state index contributed by atoms with van der Waals surface area (Å²) in [5.41, 5.74) is 0.360. The minimum Gasteiger partial charge on any atom is -0.481 e. The summed E-state index contributed by atoms with van der Waals surface area (Å²) in [5.74, 6) is 0.361. The Kier molecular flexibility index (Phi) is 5.78. The fraction of sp³-hybridized carbons (Fsp3) is 0.667. The minimum absolute atomic E-state index is 0.184. The molecule has 1 aliphatic carbocycles. The van der Waals surface area contributed by atoms with Gasteiger partial charge in [0.1, 0.15) is 5.76 Å². The molecular weight excluding hydrogens is 272 g/mol. The van der Waals surface area contributed by atoms with Crippen LogP contribution in [0.3, 0.4) is 0 Å². The van der Waals surface area contributed by atoms with Gasteiger partial charge in [-0.1, -0.05) is 24.4 Å². The lowest BCUT2D eigenvalue weighted by atomic mass is 10.1. The first-order valence-corrected chi connectivity index (χ1v) is 7.63. The van der Waals surface area contributed by atoms with Crippen molar-refractivity contribution in [2.45, 2.75) is 57.3 Å². The van der Waals surface area contributed by atoms with Crippen LogP contribution in [0.5, 0.6) is 0 Å². The van der Waals surface area contributed by atoms with Crippen LogP contribution >= 0.6 is 0 Å². The number of rotatable bonds is 10. The van der Waals surface area contributed by atoms with Crippen molar-refractivity contribution in [1.82, 2.24) is 10.5 Å². The average Bonchev–Trinajstić information content (AvgIpc) is 3.18. The Morgan fingerprint density at radius 3 is 2.67 bits per heavy atom. The molecule has 1 aromatic rings. The maximum Gasteiger partial charge on any atom is 0.303 e. The predicted octanol–water partition coefficient (Wildman–Crippen LogP) is 2.71. The highest BCUT2D eigenvalue weighted by Crippen LogP contribution is 2.40. The predicted molar refractivity (Wildman–Crippen MR) is 76.1 cm³/mol. The quantitative estimate of drug-likeness (QED) is 0.647. The van der Waals surface area contributed by atoms with E-state index < -0.39 is 5.97 Å². The molecule has 0 atom stereocenters. The third-order valence-corrected chi connectivity index (χ3v) is 3.59. The molecule has 6 nitrogen and oxygen atoms in total. The number of carboxylic acid groups (broad SMARTS) is 1. The van der Waals surface area contributed by atoms with E-state index in [9.17, 15) is 9.59 Å². The lowest BCUT2D eigenvalue weighted by Crippen LogP contribution is -2.24. The van der Waals surface area contributed by atoms with Crippen molar-refractivity contribution in [1.29, 1.82) is 0 Å². The van der Waals surface area contributed by atoms with Gasteiger partial charge in [0.25, 0.3) is 5.91 Å². The van der Waals surface area contributed by atoms with E-state index in [4.69, 9.17) is 9.63 Å². The van der Waals surface area contributed by atoms with Gasteiger partial charge in [0.05, 0.1) is 0 Å². The van der Waals surface area contributed by atoms with Crippen LogP contribution in [-0.2, 0) is 4.79 Å². The number of unbranched alkanes of at least 4 members (excludes halogenated alkanes) is 4. The van der Waals surface area contributed by atoms with Gasteiger partial charge in [0.15, 0.2) is 5.69 Å². The van der Waals surface area contributed by atoms with Crippen LogP contribution in [0.15, 0.2) is 10.6 Å². The molecule has 0 aromatic carbocycles. The number of hydrogen-bond acceptors (Lipinski definition) is 4. The van der Waals surface area contributed by atoms with E-state index >= 15 is 0 Å². The van der Waals surface area contributed by atoms with E-state index in [2.05, 4.69) is 10.5 Å². The Hall–Kier alpha value is -1.85. The van der Waals surface area contributed by atoms with Gasteiger partial charge in [-0.25, -0.2) is 0 Å². The largest absolute Gasteiger partial charge is 0.481 e. The molecule has 1 saturated carbocycles. The molecule has 1 aromatic heterocycles. The fourth-order valence-corrected chi connectivity index (χ4v) is 2.18. The maximum absolute atomic E-state index is 11.8. The van der Waals surface area contributed by atoms with Crippen LogP contribution < -0.4 is 5.32 Å². The Labute approximate surface area is 123 Å². The van der Waals surface area contributed by atoms with Gasteiger partial charge in [0.2, 0.25) is 0 Å². The maximum atomic E-state index is 11.8. The number of carboxylic acids is 1. The second kappa shape index (κ2) is 7.81. The number of aliphatic carboxylic acids is 1.